The topological polar surface area (TPSA) is 51.0 Å². The Kier molecular flexibility index (Phi) is 4.23. The average Bonchev–Trinajstić information content (AvgIpc) is 3.22. The SMILES string of the molecule is O=c1ccnc2n1CC(c1ccncc1)C1(CCCC1)N2Cc1ccccc1. The van der Waals surface area contributed by atoms with Gasteiger partial charge in [0.1, 0.15) is 0 Å². The van der Waals surface area contributed by atoms with Crippen molar-refractivity contribution in [2.75, 3.05) is 4.90 Å². The molecule has 1 spiro atoms. The Hall–Kier alpha value is -2.95. The predicted molar refractivity (Wildman–Crippen MR) is 109 cm³/mol. The van der Waals surface area contributed by atoms with Crippen molar-refractivity contribution in [3.05, 3.63) is 88.6 Å². The van der Waals surface area contributed by atoms with Crippen molar-refractivity contribution in [1.29, 1.82) is 0 Å². The van der Waals surface area contributed by atoms with Crippen LogP contribution >= 0.6 is 0 Å². The van der Waals surface area contributed by atoms with E-state index in [9.17, 15) is 4.79 Å². The van der Waals surface area contributed by atoms with Gasteiger partial charge in [0, 0.05) is 43.7 Å². The van der Waals surface area contributed by atoms with E-state index in [0.29, 0.717) is 6.54 Å². The highest BCUT2D eigenvalue weighted by atomic mass is 16.1. The first-order valence-electron chi connectivity index (χ1n) is 10.1. The van der Waals surface area contributed by atoms with Crippen LogP contribution in [0.25, 0.3) is 0 Å². The van der Waals surface area contributed by atoms with Gasteiger partial charge in [-0.05, 0) is 36.1 Å². The summed E-state index contributed by atoms with van der Waals surface area (Å²) >= 11 is 0. The second kappa shape index (κ2) is 6.89. The molecule has 0 bridgehead atoms. The molecule has 1 saturated carbocycles. The maximum atomic E-state index is 12.7. The Balaban J connectivity index is 1.69. The van der Waals surface area contributed by atoms with Crippen LogP contribution < -0.4 is 10.5 Å². The largest absolute Gasteiger partial charge is 0.331 e. The van der Waals surface area contributed by atoms with Crippen LogP contribution in [0.5, 0.6) is 0 Å². The van der Waals surface area contributed by atoms with Crippen LogP contribution in [-0.4, -0.2) is 20.1 Å². The van der Waals surface area contributed by atoms with Gasteiger partial charge in [-0.15, -0.1) is 0 Å². The summed E-state index contributed by atoms with van der Waals surface area (Å²) in [6.07, 6.45) is 10.0. The molecular weight excluding hydrogens is 348 g/mol. The molecule has 2 aliphatic rings. The van der Waals surface area contributed by atoms with Crippen molar-refractivity contribution in [3.63, 3.8) is 0 Å². The van der Waals surface area contributed by atoms with E-state index in [-0.39, 0.29) is 17.0 Å². The minimum Gasteiger partial charge on any atom is -0.331 e. The zero-order valence-electron chi connectivity index (χ0n) is 15.9. The highest BCUT2D eigenvalue weighted by molar-refractivity contribution is 5.45. The quantitative estimate of drug-likeness (QED) is 0.703. The smallest absolute Gasteiger partial charge is 0.254 e. The molecule has 0 saturated heterocycles. The van der Waals surface area contributed by atoms with Crippen molar-refractivity contribution >= 4 is 5.95 Å². The second-order valence-electron chi connectivity index (χ2n) is 7.91. The summed E-state index contributed by atoms with van der Waals surface area (Å²) < 4.78 is 1.86. The molecule has 5 heteroatoms. The number of hydrogen-bond donors (Lipinski definition) is 0. The molecule has 2 aromatic heterocycles. The van der Waals surface area contributed by atoms with E-state index in [0.717, 1.165) is 25.3 Å². The predicted octanol–water partition coefficient (Wildman–Crippen LogP) is 3.76. The Morgan fingerprint density at radius 2 is 1.71 bits per heavy atom. The molecular formula is C23H24N4O. The summed E-state index contributed by atoms with van der Waals surface area (Å²) in [5, 5.41) is 0. The Labute approximate surface area is 164 Å². The minimum atomic E-state index is -0.0159. The van der Waals surface area contributed by atoms with Gasteiger partial charge in [-0.2, -0.15) is 0 Å². The number of fused-ring (bicyclic) bond motifs is 1. The van der Waals surface area contributed by atoms with Gasteiger partial charge in [-0.3, -0.25) is 14.3 Å². The number of nitrogens with zero attached hydrogens (tertiary/aromatic N) is 4. The molecule has 3 heterocycles. The lowest BCUT2D eigenvalue weighted by molar-refractivity contribution is 0.255. The van der Waals surface area contributed by atoms with Crippen molar-refractivity contribution in [2.45, 2.75) is 50.2 Å². The molecule has 5 nitrogen and oxygen atoms in total. The molecule has 1 atom stereocenters. The molecule has 1 aliphatic heterocycles. The van der Waals surface area contributed by atoms with Gasteiger partial charge in [0.2, 0.25) is 5.95 Å². The molecule has 3 aromatic rings. The summed E-state index contributed by atoms with van der Waals surface area (Å²) in [5.74, 6) is 1.06. The van der Waals surface area contributed by atoms with Crippen LogP contribution in [0.1, 0.15) is 42.7 Å². The van der Waals surface area contributed by atoms with Crippen LogP contribution in [-0.2, 0) is 13.1 Å². The van der Waals surface area contributed by atoms with E-state index in [1.807, 2.05) is 23.0 Å². The van der Waals surface area contributed by atoms with Crippen LogP contribution in [0.3, 0.4) is 0 Å². The molecule has 0 amide bonds. The fourth-order valence-corrected chi connectivity index (χ4v) is 5.16. The fraction of sp³-hybridized carbons (Fsp3) is 0.348. The molecule has 5 rings (SSSR count). The third-order valence-electron chi connectivity index (χ3n) is 6.47. The number of anilines is 1. The summed E-state index contributed by atoms with van der Waals surface area (Å²) in [6.45, 7) is 1.44. The van der Waals surface area contributed by atoms with Crippen molar-refractivity contribution in [3.8, 4) is 0 Å². The van der Waals surface area contributed by atoms with Gasteiger partial charge >= 0.3 is 0 Å². The monoisotopic (exact) mass is 372 g/mol. The molecule has 1 unspecified atom stereocenters. The average molecular weight is 372 g/mol. The highest BCUT2D eigenvalue weighted by Gasteiger charge is 2.50. The van der Waals surface area contributed by atoms with Gasteiger partial charge < -0.3 is 4.90 Å². The lowest BCUT2D eigenvalue weighted by atomic mass is 9.75. The molecule has 1 aromatic carbocycles. The molecule has 142 valence electrons. The van der Waals surface area contributed by atoms with Gasteiger partial charge in [0.25, 0.3) is 5.56 Å². The fourth-order valence-electron chi connectivity index (χ4n) is 5.16. The van der Waals surface area contributed by atoms with Gasteiger partial charge in [0.05, 0.1) is 5.54 Å². The van der Waals surface area contributed by atoms with Crippen LogP contribution in [0.4, 0.5) is 5.95 Å². The number of aromatic nitrogens is 3. The Bertz CT molecular complexity index is 1010. The van der Waals surface area contributed by atoms with Crippen molar-refractivity contribution in [2.24, 2.45) is 0 Å². The molecule has 0 radical (unpaired) electrons. The first kappa shape index (κ1) is 17.2. The van der Waals surface area contributed by atoms with Crippen molar-refractivity contribution in [1.82, 2.24) is 14.5 Å². The third kappa shape index (κ3) is 2.73. The van der Waals surface area contributed by atoms with Gasteiger partial charge in [0.15, 0.2) is 0 Å². The summed E-state index contributed by atoms with van der Waals surface area (Å²) in [5.41, 5.74) is 2.51. The molecule has 1 fully saturated rings. The normalized spacial score (nSPS) is 20.3. The maximum Gasteiger partial charge on any atom is 0.254 e. The van der Waals surface area contributed by atoms with E-state index in [2.05, 4.69) is 51.3 Å². The zero-order chi connectivity index (χ0) is 19.0. The van der Waals surface area contributed by atoms with Gasteiger partial charge in [-0.25, -0.2) is 4.98 Å². The van der Waals surface area contributed by atoms with E-state index < -0.39 is 0 Å². The summed E-state index contributed by atoms with van der Waals surface area (Å²) in [4.78, 5) is 24.0. The summed E-state index contributed by atoms with van der Waals surface area (Å²) in [7, 11) is 0. The highest BCUT2D eigenvalue weighted by Crippen LogP contribution is 2.50. The Morgan fingerprint density at radius 1 is 0.964 bits per heavy atom. The lowest BCUT2D eigenvalue weighted by Crippen LogP contribution is -2.57. The second-order valence-corrected chi connectivity index (χ2v) is 7.91. The number of pyridine rings is 1. The van der Waals surface area contributed by atoms with E-state index in [4.69, 9.17) is 0 Å². The third-order valence-corrected chi connectivity index (χ3v) is 6.47. The number of hydrogen-bond acceptors (Lipinski definition) is 4. The zero-order valence-corrected chi connectivity index (χ0v) is 15.9. The van der Waals surface area contributed by atoms with E-state index in [1.54, 1.807) is 12.3 Å². The minimum absolute atomic E-state index is 0.0159. The number of rotatable bonds is 3. The summed E-state index contributed by atoms with van der Waals surface area (Å²) in [6, 6.07) is 16.3. The molecule has 0 N–H and O–H groups in total. The van der Waals surface area contributed by atoms with Crippen LogP contribution in [0, 0.1) is 0 Å². The van der Waals surface area contributed by atoms with Crippen LogP contribution in [0.15, 0.2) is 71.9 Å². The first-order valence-corrected chi connectivity index (χ1v) is 10.1. The van der Waals surface area contributed by atoms with Gasteiger partial charge in [-0.1, -0.05) is 43.2 Å². The van der Waals surface area contributed by atoms with Crippen LogP contribution in [0.2, 0.25) is 0 Å². The van der Waals surface area contributed by atoms with Crippen molar-refractivity contribution < 1.29 is 0 Å². The molecule has 28 heavy (non-hydrogen) atoms. The maximum absolute atomic E-state index is 12.7. The number of benzene rings is 1. The van der Waals surface area contributed by atoms with E-state index >= 15 is 0 Å². The molecule has 1 aliphatic carbocycles. The lowest BCUT2D eigenvalue weighted by Gasteiger charge is -2.51. The Morgan fingerprint density at radius 3 is 2.46 bits per heavy atom. The first-order chi connectivity index (χ1) is 13.8. The standard InChI is InChI=1S/C23H24N4O/c28-21-10-15-25-22-26(21)17-20(19-8-13-24-14-9-19)23(11-4-5-12-23)27(22)16-18-6-2-1-3-7-18/h1-3,6-10,13-15,20H,4-5,11-12,16-17H2. The van der Waals surface area contributed by atoms with E-state index in [1.165, 1.54) is 24.0 Å².